The number of para-hydroxylation sites is 1. The van der Waals surface area contributed by atoms with Crippen LogP contribution in [0.1, 0.15) is 11.1 Å². The molecular formula is C18H15N3O2. The third kappa shape index (κ3) is 1.93. The lowest BCUT2D eigenvalue weighted by Gasteiger charge is -2.00. The first-order chi connectivity index (χ1) is 11.1. The van der Waals surface area contributed by atoms with E-state index in [1.54, 1.807) is 23.2 Å². The lowest BCUT2D eigenvalue weighted by molar-refractivity contribution is -0.110. The maximum Gasteiger partial charge on any atom is 0.328 e. The summed E-state index contributed by atoms with van der Waals surface area (Å²) in [5, 5.41) is 2.86. The Morgan fingerprint density at radius 2 is 1.70 bits per heavy atom. The van der Waals surface area contributed by atoms with Crippen LogP contribution in [0.4, 0.5) is 5.69 Å². The number of amides is 1. The van der Waals surface area contributed by atoms with Gasteiger partial charge in [-0.3, -0.25) is 13.9 Å². The first-order valence-corrected chi connectivity index (χ1v) is 7.34. The van der Waals surface area contributed by atoms with Gasteiger partial charge in [-0.2, -0.15) is 0 Å². The van der Waals surface area contributed by atoms with Crippen molar-refractivity contribution in [3.63, 3.8) is 0 Å². The summed E-state index contributed by atoms with van der Waals surface area (Å²) in [6, 6.07) is 13.4. The highest BCUT2D eigenvalue weighted by molar-refractivity contribution is 6.34. The summed E-state index contributed by atoms with van der Waals surface area (Å²) in [6.45, 7) is 0. The summed E-state index contributed by atoms with van der Waals surface area (Å²) in [5.74, 6) is -0.103. The van der Waals surface area contributed by atoms with Crippen LogP contribution >= 0.6 is 0 Å². The van der Waals surface area contributed by atoms with Crippen molar-refractivity contribution < 1.29 is 4.79 Å². The number of benzene rings is 2. The largest absolute Gasteiger partial charge is 0.328 e. The number of aryl methyl sites for hydroxylation is 2. The quantitative estimate of drug-likeness (QED) is 0.702. The van der Waals surface area contributed by atoms with Gasteiger partial charge in [0.15, 0.2) is 0 Å². The first-order valence-electron chi connectivity index (χ1n) is 7.34. The highest BCUT2D eigenvalue weighted by Gasteiger charge is 2.23. The van der Waals surface area contributed by atoms with Crippen LogP contribution in [0.5, 0.6) is 0 Å². The van der Waals surface area contributed by atoms with Gasteiger partial charge < -0.3 is 5.32 Å². The number of carbonyl (C=O) groups is 1. The van der Waals surface area contributed by atoms with Gasteiger partial charge in [-0.25, -0.2) is 4.79 Å². The Bertz CT molecular complexity index is 1050. The first kappa shape index (κ1) is 13.6. The second kappa shape index (κ2) is 4.71. The minimum absolute atomic E-state index is 0.0613. The second-order valence-electron chi connectivity index (χ2n) is 5.71. The van der Waals surface area contributed by atoms with E-state index in [1.807, 2.05) is 48.5 Å². The molecule has 0 atom stereocenters. The Balaban J connectivity index is 1.89. The molecule has 0 bridgehead atoms. The average Bonchev–Trinajstić information content (AvgIpc) is 2.98. The lowest BCUT2D eigenvalue weighted by Crippen LogP contribution is -2.19. The number of fused-ring (bicyclic) bond motifs is 2. The fourth-order valence-electron chi connectivity index (χ4n) is 3.06. The van der Waals surface area contributed by atoms with Crippen LogP contribution in [-0.2, 0) is 18.9 Å². The van der Waals surface area contributed by atoms with Crippen LogP contribution < -0.4 is 11.0 Å². The molecule has 5 heteroatoms. The van der Waals surface area contributed by atoms with Gasteiger partial charge in [0.05, 0.1) is 11.0 Å². The SMILES string of the molecule is Cn1c(=O)n(C)c2cc(C=C3C(=O)Nc4ccccc43)ccc21. The molecular weight excluding hydrogens is 290 g/mol. The molecule has 0 fully saturated rings. The summed E-state index contributed by atoms with van der Waals surface area (Å²) in [4.78, 5) is 24.2. The molecule has 23 heavy (non-hydrogen) atoms. The molecule has 0 aliphatic carbocycles. The molecule has 0 saturated carbocycles. The molecule has 3 aromatic rings. The van der Waals surface area contributed by atoms with Gasteiger partial charge in [-0.05, 0) is 29.8 Å². The Morgan fingerprint density at radius 1 is 0.957 bits per heavy atom. The molecule has 1 amide bonds. The molecule has 2 aromatic carbocycles. The van der Waals surface area contributed by atoms with Crippen LogP contribution in [0.25, 0.3) is 22.7 Å². The Morgan fingerprint density at radius 3 is 2.52 bits per heavy atom. The number of nitrogens with one attached hydrogen (secondary N) is 1. The molecule has 5 nitrogen and oxygen atoms in total. The van der Waals surface area contributed by atoms with E-state index in [-0.39, 0.29) is 11.6 Å². The maximum absolute atomic E-state index is 12.2. The maximum atomic E-state index is 12.2. The fraction of sp³-hybridized carbons (Fsp3) is 0.111. The van der Waals surface area contributed by atoms with Gasteiger partial charge in [-0.1, -0.05) is 24.3 Å². The molecule has 0 spiro atoms. The fourth-order valence-corrected chi connectivity index (χ4v) is 3.06. The number of nitrogens with zero attached hydrogens (tertiary/aromatic N) is 2. The number of hydrogen-bond acceptors (Lipinski definition) is 2. The van der Waals surface area contributed by atoms with Crippen LogP contribution in [0, 0.1) is 0 Å². The van der Waals surface area contributed by atoms with E-state index >= 15 is 0 Å². The Labute approximate surface area is 132 Å². The third-order valence-electron chi connectivity index (χ3n) is 4.32. The summed E-state index contributed by atoms with van der Waals surface area (Å²) in [7, 11) is 3.50. The van der Waals surface area contributed by atoms with Crippen LogP contribution in [0.3, 0.4) is 0 Å². The zero-order valence-electron chi connectivity index (χ0n) is 12.8. The molecule has 1 aromatic heterocycles. The number of anilines is 1. The molecule has 4 rings (SSSR count). The predicted octanol–water partition coefficient (Wildman–Crippen LogP) is 2.37. The van der Waals surface area contributed by atoms with E-state index in [2.05, 4.69) is 5.32 Å². The molecule has 0 radical (unpaired) electrons. The standard InChI is InChI=1S/C18H15N3O2/c1-20-15-8-7-11(10-16(15)21(2)18(20)23)9-13-12-5-3-4-6-14(12)19-17(13)22/h3-10H,1-2H3,(H,19,22). The van der Waals surface area contributed by atoms with Crippen molar-refractivity contribution in [3.05, 3.63) is 64.1 Å². The monoisotopic (exact) mass is 305 g/mol. The Kier molecular flexibility index (Phi) is 2.78. The number of imidazole rings is 1. The zero-order chi connectivity index (χ0) is 16.1. The van der Waals surface area contributed by atoms with E-state index in [9.17, 15) is 9.59 Å². The van der Waals surface area contributed by atoms with Crippen molar-refractivity contribution >= 4 is 34.3 Å². The Hall–Kier alpha value is -3.08. The van der Waals surface area contributed by atoms with Crippen molar-refractivity contribution in [1.29, 1.82) is 0 Å². The van der Waals surface area contributed by atoms with Gasteiger partial charge in [0.25, 0.3) is 5.91 Å². The minimum Gasteiger partial charge on any atom is -0.321 e. The van der Waals surface area contributed by atoms with E-state index in [0.29, 0.717) is 5.57 Å². The second-order valence-corrected chi connectivity index (χ2v) is 5.71. The van der Waals surface area contributed by atoms with Crippen LogP contribution in [-0.4, -0.2) is 15.0 Å². The van der Waals surface area contributed by atoms with Crippen molar-refractivity contribution in [2.45, 2.75) is 0 Å². The minimum atomic E-state index is -0.103. The smallest absolute Gasteiger partial charge is 0.321 e. The molecule has 0 unspecified atom stereocenters. The summed E-state index contributed by atoms with van der Waals surface area (Å²) >= 11 is 0. The van der Waals surface area contributed by atoms with Crippen LogP contribution in [0.2, 0.25) is 0 Å². The van der Waals surface area contributed by atoms with Gasteiger partial charge in [0.1, 0.15) is 0 Å². The highest BCUT2D eigenvalue weighted by atomic mass is 16.2. The van der Waals surface area contributed by atoms with Crippen molar-refractivity contribution in [2.75, 3.05) is 5.32 Å². The van der Waals surface area contributed by atoms with Crippen molar-refractivity contribution in [1.82, 2.24) is 9.13 Å². The summed E-state index contributed by atoms with van der Waals surface area (Å²) in [5.41, 5.74) is 4.92. The van der Waals surface area contributed by atoms with Gasteiger partial charge >= 0.3 is 5.69 Å². The normalized spacial score (nSPS) is 15.2. The molecule has 1 N–H and O–H groups in total. The summed E-state index contributed by atoms with van der Waals surface area (Å²) < 4.78 is 3.23. The van der Waals surface area contributed by atoms with E-state index < -0.39 is 0 Å². The van der Waals surface area contributed by atoms with Crippen LogP contribution in [0.15, 0.2) is 47.3 Å². The molecule has 114 valence electrons. The number of carbonyl (C=O) groups excluding carboxylic acids is 1. The molecule has 0 saturated heterocycles. The van der Waals surface area contributed by atoms with Gasteiger partial charge in [0, 0.05) is 30.9 Å². The molecule has 2 heterocycles. The number of hydrogen-bond donors (Lipinski definition) is 1. The van der Waals surface area contributed by atoms with Gasteiger partial charge in [-0.15, -0.1) is 0 Å². The zero-order valence-corrected chi connectivity index (χ0v) is 12.8. The predicted molar refractivity (Wildman–Crippen MR) is 91.1 cm³/mol. The number of aromatic nitrogens is 2. The third-order valence-corrected chi connectivity index (χ3v) is 4.32. The average molecular weight is 305 g/mol. The lowest BCUT2D eigenvalue weighted by atomic mass is 10.0. The molecule has 1 aliphatic rings. The van der Waals surface area contributed by atoms with Gasteiger partial charge in [0.2, 0.25) is 0 Å². The highest BCUT2D eigenvalue weighted by Crippen LogP contribution is 2.32. The number of rotatable bonds is 1. The van der Waals surface area contributed by atoms with E-state index in [1.165, 1.54) is 0 Å². The van der Waals surface area contributed by atoms with Crippen molar-refractivity contribution in [3.8, 4) is 0 Å². The van der Waals surface area contributed by atoms with Crippen molar-refractivity contribution in [2.24, 2.45) is 14.1 Å². The molecule has 1 aliphatic heterocycles. The summed E-state index contributed by atoms with van der Waals surface area (Å²) in [6.07, 6.45) is 1.86. The van der Waals surface area contributed by atoms with E-state index in [0.717, 1.165) is 27.8 Å². The topological polar surface area (TPSA) is 56.0 Å². The van der Waals surface area contributed by atoms with E-state index in [4.69, 9.17) is 0 Å².